The number of allylic oxidation sites excluding steroid dienone is 2. The highest BCUT2D eigenvalue weighted by Crippen LogP contribution is 2.23. The first-order chi connectivity index (χ1) is 12.0. The molecular weight excluding hydrogens is 312 g/mol. The molecule has 0 radical (unpaired) electrons. The van der Waals surface area contributed by atoms with Crippen molar-refractivity contribution in [2.75, 3.05) is 5.01 Å². The smallest absolute Gasteiger partial charge is 0.162 e. The summed E-state index contributed by atoms with van der Waals surface area (Å²) in [7, 11) is 0. The number of rotatable bonds is 6. The lowest BCUT2D eigenvalue weighted by molar-refractivity contribution is -0.119. The quantitative estimate of drug-likeness (QED) is 0.820. The van der Waals surface area contributed by atoms with Crippen molar-refractivity contribution in [3.63, 3.8) is 0 Å². The van der Waals surface area contributed by atoms with E-state index in [-0.39, 0.29) is 17.7 Å². The Labute approximate surface area is 149 Å². The lowest BCUT2D eigenvalue weighted by Gasteiger charge is -2.33. The maximum absolute atomic E-state index is 12.6. The van der Waals surface area contributed by atoms with Gasteiger partial charge in [-0.05, 0) is 45.7 Å². The Kier molecular flexibility index (Phi) is 5.22. The molecule has 0 amide bonds. The summed E-state index contributed by atoms with van der Waals surface area (Å²) in [6.45, 7) is 6.95. The van der Waals surface area contributed by atoms with Gasteiger partial charge in [-0.2, -0.15) is 0 Å². The molecule has 1 atom stereocenters. The predicted octanol–water partition coefficient (Wildman–Crippen LogP) is 3.47. The Morgan fingerprint density at radius 1 is 1.32 bits per heavy atom. The van der Waals surface area contributed by atoms with Crippen molar-refractivity contribution in [2.24, 2.45) is 5.92 Å². The molecule has 0 saturated carbocycles. The van der Waals surface area contributed by atoms with Gasteiger partial charge >= 0.3 is 0 Å². The second-order valence-electron chi connectivity index (χ2n) is 6.85. The van der Waals surface area contributed by atoms with Gasteiger partial charge in [0.15, 0.2) is 5.78 Å². The Balaban J connectivity index is 1.68. The van der Waals surface area contributed by atoms with Gasteiger partial charge in [-0.1, -0.05) is 18.2 Å². The molecule has 0 bridgehead atoms. The first-order valence-electron chi connectivity index (χ1n) is 8.87. The summed E-state index contributed by atoms with van der Waals surface area (Å²) >= 11 is 0. The number of benzene rings is 1. The summed E-state index contributed by atoms with van der Waals surface area (Å²) in [5, 5.41) is 2.11. The van der Waals surface area contributed by atoms with E-state index in [0.29, 0.717) is 6.54 Å². The van der Waals surface area contributed by atoms with Crippen LogP contribution in [0.3, 0.4) is 0 Å². The molecular formula is C20H26N4O. The normalized spacial score (nSPS) is 17.5. The lowest BCUT2D eigenvalue weighted by Crippen LogP contribution is -2.43. The van der Waals surface area contributed by atoms with Crippen LogP contribution in [0.2, 0.25) is 0 Å². The number of hydrogen-bond acceptors (Lipinski definition) is 4. The number of aryl methyl sites for hydroxylation is 1. The number of para-hydroxylation sites is 1. The number of nitrogens with one attached hydrogen (secondary N) is 1. The van der Waals surface area contributed by atoms with Crippen molar-refractivity contribution in [2.45, 2.75) is 46.2 Å². The topological polar surface area (TPSA) is 50.2 Å². The van der Waals surface area contributed by atoms with E-state index in [1.165, 1.54) is 0 Å². The summed E-state index contributed by atoms with van der Waals surface area (Å²) in [5.74, 6) is 1.18. The van der Waals surface area contributed by atoms with Crippen LogP contribution in [0.4, 0.5) is 5.69 Å². The molecule has 0 spiro atoms. The Hall–Kier alpha value is -2.56. The molecule has 1 aliphatic rings. The predicted molar refractivity (Wildman–Crippen MR) is 100.0 cm³/mol. The van der Waals surface area contributed by atoms with E-state index in [0.717, 1.165) is 30.1 Å². The minimum absolute atomic E-state index is 0.0303. The molecule has 0 fully saturated rings. The van der Waals surface area contributed by atoms with E-state index >= 15 is 0 Å². The SMILES string of the molecule is Cc1nccn1CC1CCC(NN(c2ccccc2)C(C)C)=CC1=O. The van der Waals surface area contributed by atoms with Gasteiger partial charge in [0.05, 0.1) is 5.69 Å². The fraction of sp³-hybridized carbons (Fsp3) is 0.400. The summed E-state index contributed by atoms with van der Waals surface area (Å²) in [6, 6.07) is 10.5. The van der Waals surface area contributed by atoms with Gasteiger partial charge in [0.2, 0.25) is 0 Å². The number of nitrogens with zero attached hydrogens (tertiary/aromatic N) is 3. The van der Waals surface area contributed by atoms with Gasteiger partial charge in [-0.15, -0.1) is 0 Å². The first-order valence-corrected chi connectivity index (χ1v) is 8.87. The van der Waals surface area contributed by atoms with Gasteiger partial charge in [-0.3, -0.25) is 9.80 Å². The van der Waals surface area contributed by atoms with Crippen LogP contribution in [0.1, 0.15) is 32.5 Å². The van der Waals surface area contributed by atoms with Gasteiger partial charge in [0.1, 0.15) is 5.82 Å². The number of hydrogen-bond donors (Lipinski definition) is 1. The molecule has 132 valence electrons. The molecule has 0 aliphatic heterocycles. The van der Waals surface area contributed by atoms with Crippen LogP contribution >= 0.6 is 0 Å². The molecule has 0 saturated heterocycles. The largest absolute Gasteiger partial charge is 0.334 e. The maximum Gasteiger partial charge on any atom is 0.162 e. The minimum Gasteiger partial charge on any atom is -0.334 e. The average molecular weight is 338 g/mol. The van der Waals surface area contributed by atoms with Crippen LogP contribution < -0.4 is 10.4 Å². The van der Waals surface area contributed by atoms with E-state index in [1.54, 1.807) is 12.3 Å². The zero-order valence-electron chi connectivity index (χ0n) is 15.1. The Morgan fingerprint density at radius 3 is 2.68 bits per heavy atom. The van der Waals surface area contributed by atoms with Crippen molar-refractivity contribution in [1.82, 2.24) is 15.0 Å². The molecule has 1 unspecified atom stereocenters. The molecule has 1 heterocycles. The van der Waals surface area contributed by atoms with Crippen molar-refractivity contribution in [3.05, 3.63) is 60.3 Å². The summed E-state index contributed by atoms with van der Waals surface area (Å²) in [6.07, 6.45) is 7.23. The number of anilines is 1. The van der Waals surface area contributed by atoms with E-state index in [4.69, 9.17) is 0 Å². The fourth-order valence-corrected chi connectivity index (χ4v) is 3.17. The number of hydrazine groups is 1. The summed E-state index contributed by atoms with van der Waals surface area (Å²) in [5.41, 5.74) is 5.53. The zero-order valence-corrected chi connectivity index (χ0v) is 15.1. The highest BCUT2D eigenvalue weighted by atomic mass is 16.1. The van der Waals surface area contributed by atoms with E-state index in [2.05, 4.69) is 46.0 Å². The summed E-state index contributed by atoms with van der Waals surface area (Å²) < 4.78 is 2.05. The van der Waals surface area contributed by atoms with Gasteiger partial charge in [0.25, 0.3) is 0 Å². The molecule has 3 rings (SSSR count). The van der Waals surface area contributed by atoms with Gasteiger partial charge in [-0.25, -0.2) is 4.98 Å². The van der Waals surface area contributed by atoms with Crippen LogP contribution in [-0.2, 0) is 11.3 Å². The molecule has 1 aromatic carbocycles. The van der Waals surface area contributed by atoms with Crippen molar-refractivity contribution in [3.8, 4) is 0 Å². The molecule has 1 N–H and O–H groups in total. The number of ketones is 1. The number of carbonyl (C=O) groups is 1. The number of aromatic nitrogens is 2. The third-order valence-electron chi connectivity index (χ3n) is 4.64. The van der Waals surface area contributed by atoms with Crippen LogP contribution in [0.5, 0.6) is 0 Å². The third kappa shape index (κ3) is 4.10. The molecule has 5 heteroatoms. The molecule has 2 aromatic rings. The van der Waals surface area contributed by atoms with Crippen LogP contribution in [0.15, 0.2) is 54.5 Å². The summed E-state index contributed by atoms with van der Waals surface area (Å²) in [4.78, 5) is 16.8. The standard InChI is InChI=1S/C20H26N4O/c1-15(2)24(19-7-5-4-6-8-19)22-18-10-9-17(20(25)13-18)14-23-12-11-21-16(23)3/h4-8,11-13,15,17,22H,9-10,14H2,1-3H3. The van der Waals surface area contributed by atoms with Crippen LogP contribution in [0, 0.1) is 12.8 Å². The molecule has 1 aliphatic carbocycles. The monoisotopic (exact) mass is 338 g/mol. The number of carbonyl (C=O) groups excluding carboxylic acids is 1. The second-order valence-corrected chi connectivity index (χ2v) is 6.85. The third-order valence-corrected chi connectivity index (χ3v) is 4.64. The van der Waals surface area contributed by atoms with E-state index < -0.39 is 0 Å². The molecule has 1 aromatic heterocycles. The van der Waals surface area contributed by atoms with Crippen molar-refractivity contribution < 1.29 is 4.79 Å². The molecule has 5 nitrogen and oxygen atoms in total. The van der Waals surface area contributed by atoms with Gasteiger partial charge < -0.3 is 9.99 Å². The lowest BCUT2D eigenvalue weighted by atomic mass is 9.91. The highest BCUT2D eigenvalue weighted by Gasteiger charge is 2.24. The van der Waals surface area contributed by atoms with E-state index in [9.17, 15) is 4.79 Å². The number of imidazole rings is 1. The van der Waals surface area contributed by atoms with Crippen molar-refractivity contribution in [1.29, 1.82) is 0 Å². The van der Waals surface area contributed by atoms with Gasteiger partial charge in [0, 0.05) is 42.7 Å². The van der Waals surface area contributed by atoms with E-state index in [1.807, 2.05) is 31.3 Å². The average Bonchev–Trinajstić information content (AvgIpc) is 3.00. The van der Waals surface area contributed by atoms with Crippen molar-refractivity contribution >= 4 is 11.5 Å². The Morgan fingerprint density at radius 2 is 2.08 bits per heavy atom. The Bertz CT molecular complexity index is 748. The van der Waals surface area contributed by atoms with Crippen LogP contribution in [0.25, 0.3) is 0 Å². The first kappa shape index (κ1) is 17.3. The fourth-order valence-electron chi connectivity index (χ4n) is 3.17. The van der Waals surface area contributed by atoms with Crippen LogP contribution in [-0.4, -0.2) is 21.4 Å². The highest BCUT2D eigenvalue weighted by molar-refractivity contribution is 5.93. The maximum atomic E-state index is 12.6. The molecule has 25 heavy (non-hydrogen) atoms. The minimum atomic E-state index is 0.0303. The zero-order chi connectivity index (χ0) is 17.8. The second kappa shape index (κ2) is 7.55.